The molecule has 0 radical (unpaired) electrons. The summed E-state index contributed by atoms with van der Waals surface area (Å²) in [6.45, 7) is 0.394. The van der Waals surface area contributed by atoms with Gasteiger partial charge in [0.15, 0.2) is 0 Å². The van der Waals surface area contributed by atoms with Gasteiger partial charge in [-0.25, -0.2) is 8.42 Å². The third kappa shape index (κ3) is 3.29. The van der Waals surface area contributed by atoms with E-state index in [2.05, 4.69) is 10.3 Å². The number of sulfonamides is 1. The van der Waals surface area contributed by atoms with E-state index in [1.807, 2.05) is 0 Å². The Hall–Kier alpha value is -2.32. The number of amides is 1. The molecule has 24 heavy (non-hydrogen) atoms. The summed E-state index contributed by atoms with van der Waals surface area (Å²) in [5.74, 6) is -0.308. The Morgan fingerprint density at radius 3 is 2.62 bits per heavy atom. The van der Waals surface area contributed by atoms with Crippen molar-refractivity contribution in [2.75, 3.05) is 21.9 Å². The summed E-state index contributed by atoms with van der Waals surface area (Å²) in [6, 6.07) is 7.30. The molecule has 1 aromatic carbocycles. The number of H-pyrrole nitrogens is 1. The van der Waals surface area contributed by atoms with Crippen molar-refractivity contribution in [2.45, 2.75) is 6.42 Å². The molecule has 9 heteroatoms. The average Bonchev–Trinajstić information content (AvgIpc) is 2.87. The number of aromatic amines is 1. The van der Waals surface area contributed by atoms with Crippen LogP contribution in [0.3, 0.4) is 0 Å². The topological polar surface area (TPSA) is 99.3 Å². The van der Waals surface area contributed by atoms with Gasteiger partial charge in [0.25, 0.3) is 5.91 Å². The number of benzene rings is 1. The van der Waals surface area contributed by atoms with E-state index in [0.29, 0.717) is 24.3 Å². The van der Waals surface area contributed by atoms with Crippen LogP contribution in [0.15, 0.2) is 41.3 Å². The molecule has 2 aromatic rings. The number of halogens is 1. The van der Waals surface area contributed by atoms with Crippen molar-refractivity contribution in [3.63, 3.8) is 0 Å². The molecular weight excluding hydrogens is 354 g/mol. The number of rotatable bonds is 3. The molecule has 3 rings (SSSR count). The first-order valence-electron chi connectivity index (χ1n) is 7.17. The molecule has 126 valence electrons. The van der Waals surface area contributed by atoms with Gasteiger partial charge in [-0.3, -0.25) is 13.9 Å². The van der Waals surface area contributed by atoms with Crippen LogP contribution in [0, 0.1) is 0 Å². The summed E-state index contributed by atoms with van der Waals surface area (Å²) < 4.78 is 25.2. The molecule has 1 saturated heterocycles. The molecule has 0 unspecified atom stereocenters. The van der Waals surface area contributed by atoms with Crippen molar-refractivity contribution >= 4 is 38.9 Å². The quantitative estimate of drug-likeness (QED) is 0.864. The number of carbonyl (C=O) groups is 1. The molecule has 0 aliphatic carbocycles. The van der Waals surface area contributed by atoms with Crippen LogP contribution in [0.1, 0.15) is 16.8 Å². The van der Waals surface area contributed by atoms with Gasteiger partial charge in [0.2, 0.25) is 15.6 Å². The van der Waals surface area contributed by atoms with Crippen molar-refractivity contribution in [1.29, 1.82) is 0 Å². The number of nitrogens with one attached hydrogen (secondary N) is 2. The highest BCUT2D eigenvalue weighted by atomic mass is 35.5. The molecule has 2 heterocycles. The molecule has 0 saturated carbocycles. The first kappa shape index (κ1) is 16.5. The highest BCUT2D eigenvalue weighted by molar-refractivity contribution is 7.93. The lowest BCUT2D eigenvalue weighted by molar-refractivity contribution is 0.102. The Balaban J connectivity index is 1.81. The predicted molar refractivity (Wildman–Crippen MR) is 92.2 cm³/mol. The highest BCUT2D eigenvalue weighted by Crippen LogP contribution is 2.33. The van der Waals surface area contributed by atoms with Gasteiger partial charge in [-0.05, 0) is 30.7 Å². The van der Waals surface area contributed by atoms with Crippen LogP contribution in [0.25, 0.3) is 0 Å². The standard InChI is InChI=1S/C15H14ClN3O4S/c16-12-8-11(18-15(21)10-2-5-14(20)17-9-10)3-4-13(12)19-6-1-7-24(19,22)23/h2-5,8-9H,1,6-7H2,(H,17,20)(H,18,21). The average molecular weight is 368 g/mol. The van der Waals surface area contributed by atoms with Gasteiger partial charge in [0.1, 0.15) is 0 Å². The monoisotopic (exact) mass is 367 g/mol. The lowest BCUT2D eigenvalue weighted by Crippen LogP contribution is -2.25. The van der Waals surface area contributed by atoms with Crippen molar-refractivity contribution in [2.24, 2.45) is 0 Å². The molecular formula is C15H14ClN3O4S. The summed E-state index contributed by atoms with van der Waals surface area (Å²) in [5.41, 5.74) is 0.815. The minimum Gasteiger partial charge on any atom is -0.328 e. The predicted octanol–water partition coefficient (Wildman–Crippen LogP) is 1.82. The van der Waals surface area contributed by atoms with Crippen LogP contribution in [-0.2, 0) is 10.0 Å². The largest absolute Gasteiger partial charge is 0.328 e. The molecule has 1 aliphatic heterocycles. The van der Waals surface area contributed by atoms with E-state index in [9.17, 15) is 18.0 Å². The van der Waals surface area contributed by atoms with E-state index in [4.69, 9.17) is 11.6 Å². The molecule has 0 atom stereocenters. The van der Waals surface area contributed by atoms with Gasteiger partial charge in [-0.2, -0.15) is 0 Å². The zero-order valence-corrected chi connectivity index (χ0v) is 14.0. The SMILES string of the molecule is O=C(Nc1ccc(N2CCCS2(=O)=O)c(Cl)c1)c1ccc(=O)[nH]c1. The van der Waals surface area contributed by atoms with Gasteiger partial charge in [0.05, 0.1) is 22.0 Å². The third-order valence-corrected chi connectivity index (χ3v) is 5.78. The van der Waals surface area contributed by atoms with E-state index >= 15 is 0 Å². The highest BCUT2D eigenvalue weighted by Gasteiger charge is 2.29. The van der Waals surface area contributed by atoms with Gasteiger partial charge in [-0.15, -0.1) is 0 Å². The van der Waals surface area contributed by atoms with Crippen LogP contribution < -0.4 is 15.2 Å². The van der Waals surface area contributed by atoms with E-state index in [0.717, 1.165) is 0 Å². The summed E-state index contributed by atoms with van der Waals surface area (Å²) >= 11 is 6.18. The Labute approximate surface area is 143 Å². The normalized spacial score (nSPS) is 16.1. The lowest BCUT2D eigenvalue weighted by atomic mass is 10.2. The lowest BCUT2D eigenvalue weighted by Gasteiger charge is -2.19. The summed E-state index contributed by atoms with van der Waals surface area (Å²) in [6.07, 6.45) is 1.87. The number of hydrogen-bond donors (Lipinski definition) is 2. The number of carbonyl (C=O) groups excluding carboxylic acids is 1. The first-order chi connectivity index (χ1) is 11.4. The van der Waals surface area contributed by atoms with Crippen LogP contribution in [0.4, 0.5) is 11.4 Å². The smallest absolute Gasteiger partial charge is 0.257 e. The van der Waals surface area contributed by atoms with E-state index in [1.54, 1.807) is 12.1 Å². The summed E-state index contributed by atoms with van der Waals surface area (Å²) in [5, 5.41) is 2.88. The molecule has 7 nitrogen and oxygen atoms in total. The second-order valence-corrected chi connectivity index (χ2v) is 7.72. The molecule has 1 aromatic heterocycles. The maximum absolute atomic E-state index is 12.1. The zero-order valence-electron chi connectivity index (χ0n) is 12.5. The second-order valence-electron chi connectivity index (χ2n) is 5.30. The number of anilines is 2. The van der Waals surface area contributed by atoms with Gasteiger partial charge in [0, 0.05) is 24.5 Å². The van der Waals surface area contributed by atoms with Crippen molar-refractivity contribution in [3.05, 3.63) is 57.5 Å². The molecule has 1 fully saturated rings. The maximum Gasteiger partial charge on any atom is 0.257 e. The van der Waals surface area contributed by atoms with E-state index in [-0.39, 0.29) is 21.9 Å². The van der Waals surface area contributed by atoms with Crippen LogP contribution in [-0.4, -0.2) is 31.6 Å². The molecule has 2 N–H and O–H groups in total. The van der Waals surface area contributed by atoms with E-state index in [1.165, 1.54) is 28.7 Å². The third-order valence-electron chi connectivity index (χ3n) is 3.62. The Bertz CT molecular complexity index is 935. The maximum atomic E-state index is 12.1. The van der Waals surface area contributed by atoms with Crippen molar-refractivity contribution < 1.29 is 13.2 Å². The Morgan fingerprint density at radius 1 is 1.25 bits per heavy atom. The number of pyridine rings is 1. The Kier molecular flexibility index (Phi) is 4.33. The molecule has 0 spiro atoms. The fourth-order valence-electron chi connectivity index (χ4n) is 2.45. The van der Waals surface area contributed by atoms with Gasteiger partial charge in [-0.1, -0.05) is 11.6 Å². The van der Waals surface area contributed by atoms with Gasteiger partial charge < -0.3 is 10.3 Å². The number of aromatic nitrogens is 1. The minimum absolute atomic E-state index is 0.105. The molecule has 0 bridgehead atoms. The summed E-state index contributed by atoms with van der Waals surface area (Å²) in [7, 11) is -3.32. The van der Waals surface area contributed by atoms with Crippen LogP contribution in [0.5, 0.6) is 0 Å². The summed E-state index contributed by atoms with van der Waals surface area (Å²) in [4.78, 5) is 25.5. The zero-order chi connectivity index (χ0) is 17.3. The fraction of sp³-hybridized carbons (Fsp3) is 0.200. The number of nitrogens with zero attached hydrogens (tertiary/aromatic N) is 1. The van der Waals surface area contributed by atoms with Crippen LogP contribution >= 0.6 is 11.6 Å². The second kappa shape index (κ2) is 6.29. The molecule has 1 aliphatic rings. The van der Waals surface area contributed by atoms with Gasteiger partial charge >= 0.3 is 0 Å². The van der Waals surface area contributed by atoms with Crippen molar-refractivity contribution in [3.8, 4) is 0 Å². The molecule has 1 amide bonds. The van der Waals surface area contributed by atoms with E-state index < -0.39 is 15.9 Å². The Morgan fingerprint density at radius 2 is 2.04 bits per heavy atom. The first-order valence-corrected chi connectivity index (χ1v) is 9.15. The number of hydrogen-bond acceptors (Lipinski definition) is 4. The van der Waals surface area contributed by atoms with Crippen molar-refractivity contribution in [1.82, 2.24) is 4.98 Å². The van der Waals surface area contributed by atoms with Crippen LogP contribution in [0.2, 0.25) is 5.02 Å². The fourth-order valence-corrected chi connectivity index (χ4v) is 4.37. The minimum atomic E-state index is -3.32.